The summed E-state index contributed by atoms with van der Waals surface area (Å²) in [4.78, 5) is 18.1. The number of methoxy groups -OCH3 is 1. The van der Waals surface area contributed by atoms with Crippen molar-refractivity contribution in [3.63, 3.8) is 0 Å². The van der Waals surface area contributed by atoms with Crippen LogP contribution in [-0.4, -0.2) is 47.7 Å². The lowest BCUT2D eigenvalue weighted by Gasteiger charge is -2.39. The zero-order chi connectivity index (χ0) is 26.9. The molecule has 5 nitrogen and oxygen atoms in total. The molecule has 1 fully saturated rings. The van der Waals surface area contributed by atoms with E-state index >= 15 is 4.39 Å². The number of rotatable bonds is 13. The fourth-order valence-electron chi connectivity index (χ4n) is 5.79. The van der Waals surface area contributed by atoms with Gasteiger partial charge in [-0.15, -0.1) is 0 Å². The number of halogens is 2. The van der Waals surface area contributed by atoms with Crippen LogP contribution in [0.3, 0.4) is 0 Å². The number of benzene rings is 2. The lowest BCUT2D eigenvalue weighted by atomic mass is 9.79. The maximum absolute atomic E-state index is 15.5. The summed E-state index contributed by atoms with van der Waals surface area (Å²) >= 11 is 0. The van der Waals surface area contributed by atoms with Crippen LogP contribution in [0.1, 0.15) is 62.2 Å². The largest absolute Gasteiger partial charge is 0.497 e. The van der Waals surface area contributed by atoms with Crippen LogP contribution >= 0.6 is 0 Å². The number of hydrogen-bond acceptors (Lipinski definition) is 4. The zero-order valence-electron chi connectivity index (χ0n) is 22.1. The second-order valence-corrected chi connectivity index (χ2v) is 10.5. The van der Waals surface area contributed by atoms with E-state index in [1.54, 1.807) is 31.5 Å². The predicted octanol–water partition coefficient (Wildman–Crippen LogP) is 7.00. The highest BCUT2D eigenvalue weighted by Crippen LogP contribution is 2.36. The number of pyridine rings is 1. The van der Waals surface area contributed by atoms with Crippen LogP contribution in [0.25, 0.3) is 10.9 Å². The Labute approximate surface area is 223 Å². The molecule has 1 aliphatic heterocycles. The minimum Gasteiger partial charge on any atom is -0.497 e. The Morgan fingerprint density at radius 2 is 2.03 bits per heavy atom. The summed E-state index contributed by atoms with van der Waals surface area (Å²) in [5.74, 6) is 0.245. The summed E-state index contributed by atoms with van der Waals surface area (Å²) in [6.07, 6.45) is 6.22. The van der Waals surface area contributed by atoms with Crippen molar-refractivity contribution in [3.8, 4) is 5.75 Å². The zero-order valence-corrected chi connectivity index (χ0v) is 22.1. The van der Waals surface area contributed by atoms with Gasteiger partial charge < -0.3 is 14.7 Å². The molecule has 0 spiro atoms. The van der Waals surface area contributed by atoms with Gasteiger partial charge in [0.15, 0.2) is 0 Å². The quantitative estimate of drug-likeness (QED) is 0.244. The van der Waals surface area contributed by atoms with Crippen molar-refractivity contribution in [3.05, 3.63) is 71.7 Å². The third kappa shape index (κ3) is 7.73. The monoisotopic (exact) mass is 524 g/mol. The first-order chi connectivity index (χ1) is 18.4. The van der Waals surface area contributed by atoms with E-state index in [0.717, 1.165) is 68.2 Å². The van der Waals surface area contributed by atoms with E-state index in [0.29, 0.717) is 30.1 Å². The molecule has 7 heteroatoms. The highest BCUT2D eigenvalue weighted by molar-refractivity contribution is 5.83. The van der Waals surface area contributed by atoms with Gasteiger partial charge in [-0.3, -0.25) is 9.78 Å². The Morgan fingerprint density at radius 3 is 2.82 bits per heavy atom. The molecule has 38 heavy (non-hydrogen) atoms. The SMILES string of the molecule is COc1ccc2nccc([C@H](F)CC[C@@H]3CCN(CCCCc4cccc(F)c4)C[C@H]3CCC(=O)O)c2c1. The van der Waals surface area contributed by atoms with E-state index in [2.05, 4.69) is 9.88 Å². The molecule has 1 saturated heterocycles. The first kappa shape index (κ1) is 28.0. The molecule has 4 rings (SSSR count). The third-order valence-electron chi connectivity index (χ3n) is 7.89. The number of fused-ring (bicyclic) bond motifs is 1. The second kappa shape index (κ2) is 13.7. The average molecular weight is 525 g/mol. The van der Waals surface area contributed by atoms with Crippen molar-refractivity contribution in [2.45, 2.75) is 57.5 Å². The average Bonchev–Trinajstić information content (AvgIpc) is 2.92. The summed E-state index contributed by atoms with van der Waals surface area (Å²) in [7, 11) is 1.60. The Morgan fingerprint density at radius 1 is 1.16 bits per heavy atom. The van der Waals surface area contributed by atoms with Crippen LogP contribution < -0.4 is 4.74 Å². The molecular formula is C31H38F2N2O3. The van der Waals surface area contributed by atoms with Crippen molar-refractivity contribution < 1.29 is 23.4 Å². The molecule has 3 aromatic rings. The molecule has 1 aliphatic rings. The molecule has 1 aromatic heterocycles. The van der Waals surface area contributed by atoms with Gasteiger partial charge in [-0.1, -0.05) is 12.1 Å². The number of unbranched alkanes of at least 4 members (excludes halogenated alkanes) is 1. The maximum atomic E-state index is 15.5. The Balaban J connectivity index is 1.32. The number of likely N-dealkylation sites (tertiary alicyclic amines) is 1. The highest BCUT2D eigenvalue weighted by atomic mass is 19.1. The predicted molar refractivity (Wildman–Crippen MR) is 146 cm³/mol. The van der Waals surface area contributed by atoms with Crippen LogP contribution in [0.4, 0.5) is 8.78 Å². The molecule has 0 amide bonds. The minimum absolute atomic E-state index is 0.141. The smallest absolute Gasteiger partial charge is 0.303 e. The molecule has 2 heterocycles. The van der Waals surface area contributed by atoms with Crippen molar-refractivity contribution in [1.29, 1.82) is 0 Å². The van der Waals surface area contributed by atoms with Gasteiger partial charge in [-0.05, 0) is 117 Å². The standard InChI is InChI=1S/C31H38F2N2O3/c1-38-26-10-12-30-28(20-26)27(14-16-34-30)29(33)11-8-23-15-18-35(21-24(23)9-13-31(36)37)17-3-2-5-22-6-4-7-25(32)19-22/h4,6-7,10,12,14,16,19-20,23-24,29H,2-3,5,8-9,11,13,15,17-18,21H2,1H3,(H,36,37)/t23-,24-,29-/m1/s1. The maximum Gasteiger partial charge on any atom is 0.303 e. The molecule has 0 saturated carbocycles. The lowest BCUT2D eigenvalue weighted by molar-refractivity contribution is -0.137. The Bertz CT molecular complexity index is 1200. The number of carboxylic acids is 1. The van der Waals surface area contributed by atoms with E-state index in [-0.39, 0.29) is 18.2 Å². The number of aromatic nitrogens is 1. The molecule has 2 aromatic carbocycles. The highest BCUT2D eigenvalue weighted by Gasteiger charge is 2.30. The number of ether oxygens (including phenoxy) is 1. The summed E-state index contributed by atoms with van der Waals surface area (Å²) in [5.41, 5.74) is 2.40. The molecule has 0 unspecified atom stereocenters. The lowest BCUT2D eigenvalue weighted by Crippen LogP contribution is -2.41. The van der Waals surface area contributed by atoms with Crippen LogP contribution in [0, 0.1) is 17.7 Å². The summed E-state index contributed by atoms with van der Waals surface area (Å²) in [5, 5.41) is 10.1. The van der Waals surface area contributed by atoms with E-state index < -0.39 is 12.1 Å². The molecule has 3 atom stereocenters. The van der Waals surface area contributed by atoms with Gasteiger partial charge >= 0.3 is 5.97 Å². The van der Waals surface area contributed by atoms with Gasteiger partial charge in [-0.2, -0.15) is 0 Å². The molecule has 0 radical (unpaired) electrons. The summed E-state index contributed by atoms with van der Waals surface area (Å²) in [6.45, 7) is 2.74. The molecule has 1 N–H and O–H groups in total. The Hall–Kier alpha value is -3.06. The summed E-state index contributed by atoms with van der Waals surface area (Å²) in [6, 6.07) is 14.0. The first-order valence-electron chi connectivity index (χ1n) is 13.7. The number of alkyl halides is 1. The normalized spacial score (nSPS) is 18.9. The second-order valence-electron chi connectivity index (χ2n) is 10.5. The number of hydrogen-bond donors (Lipinski definition) is 1. The van der Waals surface area contributed by atoms with E-state index in [9.17, 15) is 14.3 Å². The number of aliphatic carboxylic acids is 1. The van der Waals surface area contributed by atoms with Crippen molar-refractivity contribution >= 4 is 16.9 Å². The topological polar surface area (TPSA) is 62.7 Å². The van der Waals surface area contributed by atoms with Gasteiger partial charge in [0.05, 0.1) is 12.6 Å². The number of carboxylic acid groups (broad SMARTS) is 1. The number of nitrogens with zero attached hydrogens (tertiary/aromatic N) is 2. The fourth-order valence-corrected chi connectivity index (χ4v) is 5.79. The van der Waals surface area contributed by atoms with Crippen LogP contribution in [0.5, 0.6) is 5.75 Å². The number of aryl methyl sites for hydroxylation is 1. The molecule has 0 aliphatic carbocycles. The van der Waals surface area contributed by atoms with Crippen molar-refractivity contribution in [1.82, 2.24) is 9.88 Å². The van der Waals surface area contributed by atoms with Crippen LogP contribution in [0.2, 0.25) is 0 Å². The molecule has 0 bridgehead atoms. The third-order valence-corrected chi connectivity index (χ3v) is 7.89. The van der Waals surface area contributed by atoms with E-state index in [4.69, 9.17) is 4.74 Å². The van der Waals surface area contributed by atoms with Crippen LogP contribution in [0.15, 0.2) is 54.7 Å². The fraction of sp³-hybridized carbons (Fsp3) is 0.484. The van der Waals surface area contributed by atoms with Gasteiger partial charge in [0.2, 0.25) is 0 Å². The number of piperidine rings is 1. The van der Waals surface area contributed by atoms with Gasteiger partial charge in [0, 0.05) is 24.5 Å². The van der Waals surface area contributed by atoms with Gasteiger partial charge in [0.25, 0.3) is 0 Å². The van der Waals surface area contributed by atoms with Crippen LogP contribution in [-0.2, 0) is 11.2 Å². The minimum atomic E-state index is -1.12. The van der Waals surface area contributed by atoms with E-state index in [1.165, 1.54) is 6.07 Å². The number of carbonyl (C=O) groups is 1. The molecule has 204 valence electrons. The summed E-state index contributed by atoms with van der Waals surface area (Å²) < 4.78 is 34.3. The van der Waals surface area contributed by atoms with Gasteiger partial charge in [0.1, 0.15) is 17.7 Å². The van der Waals surface area contributed by atoms with E-state index in [1.807, 2.05) is 24.3 Å². The van der Waals surface area contributed by atoms with Crippen molar-refractivity contribution in [2.24, 2.45) is 11.8 Å². The van der Waals surface area contributed by atoms with Gasteiger partial charge in [-0.25, -0.2) is 8.78 Å². The Kier molecular flexibility index (Phi) is 10.0. The first-order valence-corrected chi connectivity index (χ1v) is 13.7. The van der Waals surface area contributed by atoms with Crippen molar-refractivity contribution in [2.75, 3.05) is 26.7 Å². The molecular weight excluding hydrogens is 486 g/mol.